The predicted octanol–water partition coefficient (Wildman–Crippen LogP) is 3.26. The van der Waals surface area contributed by atoms with Gasteiger partial charge < -0.3 is 15.4 Å². The molecule has 1 heterocycles. The van der Waals surface area contributed by atoms with Gasteiger partial charge in [-0.3, -0.25) is 14.4 Å². The second-order valence-corrected chi connectivity index (χ2v) is 6.16. The molecule has 2 amide bonds. The van der Waals surface area contributed by atoms with Crippen LogP contribution >= 0.6 is 0 Å². The fourth-order valence-electron chi connectivity index (χ4n) is 2.73. The van der Waals surface area contributed by atoms with Crippen LogP contribution in [0.15, 0.2) is 48.5 Å². The van der Waals surface area contributed by atoms with Crippen LogP contribution in [-0.2, 0) is 9.53 Å². The van der Waals surface area contributed by atoms with Gasteiger partial charge >= 0.3 is 0 Å². The van der Waals surface area contributed by atoms with E-state index in [1.165, 1.54) is 6.92 Å². The summed E-state index contributed by atoms with van der Waals surface area (Å²) in [6, 6.07) is 13.4. The van der Waals surface area contributed by atoms with Crippen molar-refractivity contribution in [1.29, 1.82) is 0 Å². The standard InChI is InChI=1S/C20H20N2O4/c1-13(23)15-4-2-5-17(12-15)22-19(24)14-7-9-16(10-8-14)21-20(25)18-6-3-11-26-18/h2,4-5,7-10,12,18H,3,6,11H2,1H3,(H,21,25)(H,22,24). The van der Waals surface area contributed by atoms with Crippen LogP contribution in [0.25, 0.3) is 0 Å². The summed E-state index contributed by atoms with van der Waals surface area (Å²) >= 11 is 0. The number of amides is 2. The van der Waals surface area contributed by atoms with Crippen molar-refractivity contribution < 1.29 is 19.1 Å². The molecule has 1 unspecified atom stereocenters. The first-order valence-electron chi connectivity index (χ1n) is 8.48. The third kappa shape index (κ3) is 4.34. The zero-order valence-electron chi connectivity index (χ0n) is 14.5. The first kappa shape index (κ1) is 17.8. The van der Waals surface area contributed by atoms with E-state index in [2.05, 4.69) is 10.6 Å². The Morgan fingerprint density at radius 2 is 1.73 bits per heavy atom. The van der Waals surface area contributed by atoms with Gasteiger partial charge in [0.2, 0.25) is 0 Å². The SMILES string of the molecule is CC(=O)c1cccc(NC(=O)c2ccc(NC(=O)C3CCCO3)cc2)c1. The summed E-state index contributed by atoms with van der Waals surface area (Å²) in [4.78, 5) is 35.8. The molecule has 1 aliphatic heterocycles. The number of hydrogen-bond acceptors (Lipinski definition) is 4. The minimum Gasteiger partial charge on any atom is -0.368 e. The van der Waals surface area contributed by atoms with Crippen LogP contribution in [0.2, 0.25) is 0 Å². The average molecular weight is 352 g/mol. The Balaban J connectivity index is 1.62. The molecule has 1 atom stereocenters. The Morgan fingerprint density at radius 3 is 2.38 bits per heavy atom. The molecular formula is C20H20N2O4. The molecule has 2 N–H and O–H groups in total. The molecule has 1 saturated heterocycles. The number of nitrogens with one attached hydrogen (secondary N) is 2. The highest BCUT2D eigenvalue weighted by molar-refractivity contribution is 6.05. The van der Waals surface area contributed by atoms with E-state index < -0.39 is 6.10 Å². The molecule has 0 saturated carbocycles. The maximum Gasteiger partial charge on any atom is 0.255 e. The number of hydrogen-bond donors (Lipinski definition) is 2. The normalized spacial score (nSPS) is 16.1. The smallest absolute Gasteiger partial charge is 0.255 e. The highest BCUT2D eigenvalue weighted by Gasteiger charge is 2.23. The molecule has 0 bridgehead atoms. The molecule has 2 aromatic carbocycles. The molecule has 1 fully saturated rings. The molecule has 0 radical (unpaired) electrons. The number of carbonyl (C=O) groups excluding carboxylic acids is 3. The fourth-order valence-corrected chi connectivity index (χ4v) is 2.73. The lowest BCUT2D eigenvalue weighted by atomic mass is 10.1. The molecule has 134 valence electrons. The number of carbonyl (C=O) groups is 3. The van der Waals surface area contributed by atoms with Crippen LogP contribution in [0.3, 0.4) is 0 Å². The van der Waals surface area contributed by atoms with Gasteiger partial charge in [0.05, 0.1) is 0 Å². The first-order valence-corrected chi connectivity index (χ1v) is 8.48. The topological polar surface area (TPSA) is 84.5 Å². The van der Waals surface area contributed by atoms with Gasteiger partial charge in [-0.25, -0.2) is 0 Å². The third-order valence-electron chi connectivity index (χ3n) is 4.16. The molecule has 3 rings (SSSR count). The van der Waals surface area contributed by atoms with E-state index >= 15 is 0 Å². The molecular weight excluding hydrogens is 332 g/mol. The first-order chi connectivity index (χ1) is 12.5. The number of ketones is 1. The van der Waals surface area contributed by atoms with Gasteiger partial charge in [-0.1, -0.05) is 12.1 Å². The highest BCUT2D eigenvalue weighted by atomic mass is 16.5. The van der Waals surface area contributed by atoms with E-state index in [4.69, 9.17) is 4.74 Å². The maximum absolute atomic E-state index is 12.3. The summed E-state index contributed by atoms with van der Waals surface area (Å²) in [7, 11) is 0. The zero-order valence-corrected chi connectivity index (χ0v) is 14.5. The van der Waals surface area contributed by atoms with Crippen molar-refractivity contribution >= 4 is 29.0 Å². The zero-order chi connectivity index (χ0) is 18.5. The van der Waals surface area contributed by atoms with E-state index in [1.54, 1.807) is 48.5 Å². The quantitative estimate of drug-likeness (QED) is 0.809. The number of ether oxygens (including phenoxy) is 1. The number of rotatable bonds is 5. The van der Waals surface area contributed by atoms with Gasteiger partial charge in [0.15, 0.2) is 5.78 Å². The van der Waals surface area contributed by atoms with E-state index in [-0.39, 0.29) is 17.6 Å². The van der Waals surface area contributed by atoms with E-state index in [1.807, 2.05) is 0 Å². The summed E-state index contributed by atoms with van der Waals surface area (Å²) in [5, 5.41) is 5.55. The number of anilines is 2. The van der Waals surface area contributed by atoms with Crippen molar-refractivity contribution in [2.75, 3.05) is 17.2 Å². The van der Waals surface area contributed by atoms with Gasteiger partial charge in [0.25, 0.3) is 11.8 Å². The average Bonchev–Trinajstić information content (AvgIpc) is 3.17. The maximum atomic E-state index is 12.3. The van der Waals surface area contributed by atoms with Crippen LogP contribution in [-0.4, -0.2) is 30.3 Å². The minimum atomic E-state index is -0.397. The molecule has 6 nitrogen and oxygen atoms in total. The molecule has 0 aromatic heterocycles. The van der Waals surface area contributed by atoms with Crippen molar-refractivity contribution in [1.82, 2.24) is 0 Å². The lowest BCUT2D eigenvalue weighted by molar-refractivity contribution is -0.124. The van der Waals surface area contributed by atoms with E-state index in [9.17, 15) is 14.4 Å². The Bertz CT molecular complexity index is 824. The summed E-state index contributed by atoms with van der Waals surface area (Å²) < 4.78 is 5.34. The Morgan fingerprint density at radius 1 is 0.962 bits per heavy atom. The molecule has 6 heteroatoms. The van der Waals surface area contributed by atoms with Gasteiger partial charge in [0, 0.05) is 29.1 Å². The van der Waals surface area contributed by atoms with Crippen LogP contribution in [0.4, 0.5) is 11.4 Å². The van der Waals surface area contributed by atoms with Crippen molar-refractivity contribution in [3.63, 3.8) is 0 Å². The van der Waals surface area contributed by atoms with Crippen LogP contribution in [0, 0.1) is 0 Å². The molecule has 1 aliphatic rings. The van der Waals surface area contributed by atoms with Crippen LogP contribution in [0.5, 0.6) is 0 Å². The monoisotopic (exact) mass is 352 g/mol. The fraction of sp³-hybridized carbons (Fsp3) is 0.250. The lowest BCUT2D eigenvalue weighted by Crippen LogP contribution is -2.26. The van der Waals surface area contributed by atoms with Crippen molar-refractivity contribution in [2.24, 2.45) is 0 Å². The van der Waals surface area contributed by atoms with Gasteiger partial charge in [0.1, 0.15) is 6.10 Å². The largest absolute Gasteiger partial charge is 0.368 e. The number of benzene rings is 2. The minimum absolute atomic E-state index is 0.0626. The van der Waals surface area contributed by atoms with Gasteiger partial charge in [-0.2, -0.15) is 0 Å². The predicted molar refractivity (Wildman–Crippen MR) is 98.4 cm³/mol. The van der Waals surface area contributed by atoms with Gasteiger partial charge in [-0.05, 0) is 56.2 Å². The Hall–Kier alpha value is -2.99. The molecule has 26 heavy (non-hydrogen) atoms. The molecule has 2 aromatic rings. The number of Topliss-reactive ketones (excluding diaryl/α,β-unsaturated/α-hetero) is 1. The second kappa shape index (κ2) is 7.93. The summed E-state index contributed by atoms with van der Waals surface area (Å²) in [5.41, 5.74) is 2.16. The van der Waals surface area contributed by atoms with Crippen molar-refractivity contribution in [3.05, 3.63) is 59.7 Å². The summed E-state index contributed by atoms with van der Waals surface area (Å²) in [5.74, 6) is -0.518. The van der Waals surface area contributed by atoms with Crippen molar-refractivity contribution in [3.8, 4) is 0 Å². The molecule has 0 spiro atoms. The Kier molecular flexibility index (Phi) is 5.43. The summed E-state index contributed by atoms with van der Waals surface area (Å²) in [6.07, 6.45) is 1.22. The Labute approximate surface area is 151 Å². The van der Waals surface area contributed by atoms with E-state index in [0.717, 1.165) is 12.8 Å². The second-order valence-electron chi connectivity index (χ2n) is 6.16. The van der Waals surface area contributed by atoms with Crippen molar-refractivity contribution in [2.45, 2.75) is 25.9 Å². The molecule has 0 aliphatic carbocycles. The van der Waals surface area contributed by atoms with Crippen LogP contribution in [0.1, 0.15) is 40.5 Å². The van der Waals surface area contributed by atoms with Crippen LogP contribution < -0.4 is 10.6 Å². The highest BCUT2D eigenvalue weighted by Crippen LogP contribution is 2.17. The van der Waals surface area contributed by atoms with Gasteiger partial charge in [-0.15, -0.1) is 0 Å². The third-order valence-corrected chi connectivity index (χ3v) is 4.16. The summed E-state index contributed by atoms with van der Waals surface area (Å²) in [6.45, 7) is 2.09. The van der Waals surface area contributed by atoms with E-state index in [0.29, 0.717) is 29.1 Å². The lowest BCUT2D eigenvalue weighted by Gasteiger charge is -2.11.